The standard InChI is InChI=1S/C33H41N5O4.C24H27N5.C12H18N2O2.C9H7Br2N.CH3Cl/c1-21-13-26(35-28(15-21)37-30(39)41-32(3,4)5)11-9-23-17-24(19-25(18-23)20-34)10-12-27-14-22(2)16-29(36-27)38-31(40)42-33(6,7)8;1-16-8-21(28-23(26)10-16)6-4-18-12-19(14-20(13-18)15-25)5-7-22-9-17(2)11-24(27-3)29-22;1-8-6-9(2)13-10(7-8)14-11(15)16-12(3,4)5;10-4-7-1-8(5-11)3-9(2-7)6-12;1-2/h13-19H,9-12H2,1-8H3,(H,35,37,39)(H,36,38,40);8-14H,4-7H2,1-3H3,(H2,26,28)(H,27,29);6-7H,1-5H3,(H,13,14,15);1-3H,4-5H2;1H3. The molecule has 0 saturated heterocycles. The average Bonchev–Trinajstić information content (AvgIpc) is 0.860. The van der Waals surface area contributed by atoms with Crippen molar-refractivity contribution in [1.82, 2.24) is 24.9 Å². The van der Waals surface area contributed by atoms with E-state index in [4.69, 9.17) is 25.2 Å². The minimum atomic E-state index is -0.602. The molecule has 534 valence electrons. The Bertz CT molecular complexity index is 4070. The number of ether oxygens (including phenoxy) is 3. The quantitative estimate of drug-likeness (QED) is 0.0394. The van der Waals surface area contributed by atoms with Gasteiger partial charge in [-0.15, -0.1) is 11.6 Å². The molecule has 0 fully saturated rings. The van der Waals surface area contributed by atoms with Crippen LogP contribution in [0.5, 0.6) is 0 Å². The number of aryl methyl sites for hydroxylation is 14. The third-order valence-corrected chi connectivity index (χ3v) is 15.2. The van der Waals surface area contributed by atoms with Crippen LogP contribution in [-0.2, 0) is 76.2 Å². The first-order chi connectivity index (χ1) is 47.6. The molecule has 5 heterocycles. The number of aromatic nitrogens is 5. The second-order valence-corrected chi connectivity index (χ2v) is 28.3. The zero-order valence-electron chi connectivity index (χ0n) is 61.3. The van der Waals surface area contributed by atoms with Gasteiger partial charge in [0.2, 0.25) is 0 Å². The summed E-state index contributed by atoms with van der Waals surface area (Å²) < 4.78 is 15.8. The number of carbonyl (C=O) groups is 3. The van der Waals surface area contributed by atoms with Crippen molar-refractivity contribution in [3.63, 3.8) is 0 Å². The molecule has 22 heteroatoms. The van der Waals surface area contributed by atoms with E-state index < -0.39 is 35.1 Å². The number of alkyl halides is 3. The molecule has 6 N–H and O–H groups in total. The first-order valence-electron chi connectivity index (χ1n) is 33.0. The van der Waals surface area contributed by atoms with E-state index in [0.29, 0.717) is 60.1 Å². The number of nitrogens with zero attached hydrogens (tertiary/aromatic N) is 8. The average molecular weight is 1520 g/mol. The molecule has 0 unspecified atom stereocenters. The van der Waals surface area contributed by atoms with Crippen LogP contribution in [0, 0.1) is 75.5 Å². The summed E-state index contributed by atoms with van der Waals surface area (Å²) in [5.74, 6) is 2.84. The predicted octanol–water partition coefficient (Wildman–Crippen LogP) is 18.6. The van der Waals surface area contributed by atoms with Crippen molar-refractivity contribution >= 4 is 90.8 Å². The highest BCUT2D eigenvalue weighted by atomic mass is 79.9. The Morgan fingerprint density at radius 2 is 0.663 bits per heavy atom. The van der Waals surface area contributed by atoms with Gasteiger partial charge < -0.3 is 25.3 Å². The van der Waals surface area contributed by atoms with Crippen LogP contribution in [0.15, 0.2) is 115 Å². The van der Waals surface area contributed by atoms with Gasteiger partial charge in [-0.05, 0) is 313 Å². The lowest BCUT2D eigenvalue weighted by Gasteiger charge is -2.19. The van der Waals surface area contributed by atoms with Gasteiger partial charge in [0.05, 0.1) is 34.9 Å². The van der Waals surface area contributed by atoms with Gasteiger partial charge in [0.25, 0.3) is 0 Å². The number of nitrogen functional groups attached to an aromatic ring is 1. The molecular weight excluding hydrogens is 1420 g/mol. The van der Waals surface area contributed by atoms with E-state index in [2.05, 4.69) is 145 Å². The summed E-state index contributed by atoms with van der Waals surface area (Å²) in [5, 5.41) is 40.5. The lowest BCUT2D eigenvalue weighted by Crippen LogP contribution is -2.27. The largest absolute Gasteiger partial charge is 0.444 e. The fraction of sp³-hybridized carbons (Fsp3) is 0.380. The van der Waals surface area contributed by atoms with E-state index >= 15 is 0 Å². The molecule has 0 radical (unpaired) electrons. The molecule has 0 aliphatic carbocycles. The van der Waals surface area contributed by atoms with Crippen molar-refractivity contribution in [2.24, 2.45) is 0 Å². The van der Waals surface area contributed by atoms with E-state index in [1.54, 1.807) is 18.2 Å². The van der Waals surface area contributed by atoms with E-state index in [-0.39, 0.29) is 0 Å². The number of halogens is 3. The van der Waals surface area contributed by atoms with Crippen molar-refractivity contribution in [3.8, 4) is 18.2 Å². The molecular formula is C79H96Br2ClN13O6. The molecule has 3 amide bonds. The van der Waals surface area contributed by atoms with Gasteiger partial charge in [0, 0.05) is 52.6 Å². The Labute approximate surface area is 619 Å². The fourth-order valence-corrected chi connectivity index (χ4v) is 10.8. The summed E-state index contributed by atoms with van der Waals surface area (Å²) in [4.78, 5) is 58.3. The molecule has 0 aliphatic heterocycles. The van der Waals surface area contributed by atoms with Crippen LogP contribution in [0.2, 0.25) is 0 Å². The Hall–Kier alpha value is -9.46. The van der Waals surface area contributed by atoms with Crippen LogP contribution in [-0.4, -0.2) is 73.4 Å². The summed E-state index contributed by atoms with van der Waals surface area (Å²) >= 11 is 11.4. The SMILES string of the molecule is CCl.CNc1cc(C)cc(CCc2cc(C#N)cc(CCc3cc(C)cc(N)n3)c2)n1.Cc1cc(C)nc(NC(=O)OC(C)(C)C)c1.Cc1cc(CCc2cc(C#N)cc(CCc3cc(C)cc(NC(=O)OC(C)(C)C)n3)c2)nc(NC(=O)OC(C)(C)C)c1.N#Cc1cc(CBr)cc(CBr)c1. The Morgan fingerprint density at radius 1 is 0.396 bits per heavy atom. The second kappa shape index (κ2) is 40.7. The molecule has 0 saturated carbocycles. The Kier molecular flexibility index (Phi) is 33.8. The smallest absolute Gasteiger partial charge is 0.413 e. The number of hydrogen-bond acceptors (Lipinski definition) is 16. The second-order valence-electron chi connectivity index (χ2n) is 27.1. The zero-order chi connectivity index (χ0) is 75.2. The van der Waals surface area contributed by atoms with Gasteiger partial charge >= 0.3 is 18.3 Å². The minimum absolute atomic E-state index is 0.442. The van der Waals surface area contributed by atoms with E-state index in [0.717, 1.165) is 132 Å². The van der Waals surface area contributed by atoms with Crippen molar-refractivity contribution in [1.29, 1.82) is 15.8 Å². The van der Waals surface area contributed by atoms with Gasteiger partial charge in [-0.3, -0.25) is 16.0 Å². The first kappa shape index (κ1) is 84.0. The molecule has 0 bridgehead atoms. The van der Waals surface area contributed by atoms with Crippen LogP contribution < -0.4 is 27.0 Å². The molecule has 0 atom stereocenters. The third-order valence-electron chi connectivity index (χ3n) is 13.9. The number of amides is 3. The molecule has 8 rings (SSSR count). The summed E-state index contributed by atoms with van der Waals surface area (Å²) in [6, 6.07) is 44.0. The lowest BCUT2D eigenvalue weighted by molar-refractivity contribution is 0.0624. The molecule has 5 aromatic heterocycles. The summed E-state index contributed by atoms with van der Waals surface area (Å²) in [7, 11) is 1.88. The van der Waals surface area contributed by atoms with Gasteiger partial charge in [-0.25, -0.2) is 39.3 Å². The lowest BCUT2D eigenvalue weighted by atomic mass is 9.98. The monoisotopic (exact) mass is 1520 g/mol. The molecule has 3 aromatic carbocycles. The van der Waals surface area contributed by atoms with Crippen molar-refractivity contribution in [2.45, 2.75) is 183 Å². The number of hydrogen-bond donors (Lipinski definition) is 5. The highest BCUT2D eigenvalue weighted by molar-refractivity contribution is 9.08. The fourth-order valence-electron chi connectivity index (χ4n) is 10.2. The van der Waals surface area contributed by atoms with Crippen molar-refractivity contribution in [3.05, 3.63) is 222 Å². The van der Waals surface area contributed by atoms with Crippen molar-refractivity contribution < 1.29 is 28.6 Å². The predicted molar refractivity (Wildman–Crippen MR) is 413 cm³/mol. The molecule has 101 heavy (non-hydrogen) atoms. The minimum Gasteiger partial charge on any atom is -0.444 e. The first-order valence-corrected chi connectivity index (χ1v) is 35.9. The Balaban J connectivity index is 0.000000314. The number of nitrogens with two attached hydrogens (primary N) is 1. The van der Waals surface area contributed by atoms with Gasteiger partial charge in [0.1, 0.15) is 45.9 Å². The van der Waals surface area contributed by atoms with E-state index in [1.165, 1.54) is 11.9 Å². The number of pyridine rings is 5. The number of nitriles is 3. The van der Waals surface area contributed by atoms with Crippen LogP contribution in [0.3, 0.4) is 0 Å². The summed E-state index contributed by atoms with van der Waals surface area (Å²) in [5.41, 5.74) is 22.7. The van der Waals surface area contributed by atoms with Crippen LogP contribution >= 0.6 is 43.5 Å². The molecule has 8 aromatic rings. The number of rotatable bonds is 18. The topological polar surface area (TPSA) is 289 Å². The van der Waals surface area contributed by atoms with Crippen LogP contribution in [0.4, 0.5) is 43.5 Å². The summed E-state index contributed by atoms with van der Waals surface area (Å²) in [6.07, 6.45) is 5.83. The summed E-state index contributed by atoms with van der Waals surface area (Å²) in [6.45, 7) is 28.2. The number of benzene rings is 3. The maximum atomic E-state index is 12.2. The maximum absolute atomic E-state index is 12.2. The van der Waals surface area contributed by atoms with Gasteiger partial charge in [-0.2, -0.15) is 15.8 Å². The van der Waals surface area contributed by atoms with Crippen LogP contribution in [0.1, 0.15) is 169 Å². The third kappa shape index (κ3) is 33.5. The highest BCUT2D eigenvalue weighted by Crippen LogP contribution is 2.23. The normalized spacial score (nSPS) is 10.7. The van der Waals surface area contributed by atoms with Gasteiger partial charge in [0.15, 0.2) is 0 Å². The van der Waals surface area contributed by atoms with Crippen LogP contribution in [0.25, 0.3) is 0 Å². The molecule has 0 spiro atoms. The Morgan fingerprint density at radius 3 is 0.950 bits per heavy atom. The number of carbonyl (C=O) groups excluding carboxylic acids is 3. The van der Waals surface area contributed by atoms with E-state index in [9.17, 15) is 24.9 Å². The van der Waals surface area contributed by atoms with E-state index in [1.807, 2.05) is 171 Å². The zero-order valence-corrected chi connectivity index (χ0v) is 65.2. The molecule has 19 nitrogen and oxygen atoms in total. The highest BCUT2D eigenvalue weighted by Gasteiger charge is 2.20. The van der Waals surface area contributed by atoms with Crippen molar-refractivity contribution in [2.75, 3.05) is 40.4 Å². The maximum Gasteiger partial charge on any atom is 0.413 e. The van der Waals surface area contributed by atoms with Gasteiger partial charge in [-0.1, -0.05) is 50.1 Å². The number of anilines is 5. The molecule has 0 aliphatic rings. The number of nitrogens with one attached hydrogen (secondary N) is 4.